The lowest BCUT2D eigenvalue weighted by molar-refractivity contribution is 0.393. The van der Waals surface area contributed by atoms with Gasteiger partial charge in [0.2, 0.25) is 0 Å². The number of nitrogens with zero attached hydrogens (tertiary/aromatic N) is 1. The highest BCUT2D eigenvalue weighted by Gasteiger charge is 2.50. The molecule has 0 amide bonds. The van der Waals surface area contributed by atoms with Crippen LogP contribution in [-0.4, -0.2) is 7.11 Å². The van der Waals surface area contributed by atoms with E-state index in [0.717, 1.165) is 29.7 Å². The fraction of sp³-hybridized carbons (Fsp3) is 0.462. The molecule has 1 aliphatic carbocycles. The summed E-state index contributed by atoms with van der Waals surface area (Å²) < 4.78 is 5.37. The van der Waals surface area contributed by atoms with Crippen LogP contribution in [0.1, 0.15) is 30.0 Å². The number of halogens is 1. The summed E-state index contributed by atoms with van der Waals surface area (Å²) in [7, 11) is 1.61. The SMILES string of the molecule is COc1c(C)cc(Cl)cc1C(N)C1(C#N)CC1. The van der Waals surface area contributed by atoms with Gasteiger partial charge in [0.25, 0.3) is 0 Å². The van der Waals surface area contributed by atoms with Gasteiger partial charge in [0, 0.05) is 10.6 Å². The van der Waals surface area contributed by atoms with Crippen LogP contribution in [0, 0.1) is 23.7 Å². The number of hydrogen-bond acceptors (Lipinski definition) is 3. The van der Waals surface area contributed by atoms with E-state index in [1.54, 1.807) is 13.2 Å². The first-order chi connectivity index (χ1) is 8.04. The molecule has 0 saturated heterocycles. The highest BCUT2D eigenvalue weighted by Crippen LogP contribution is 2.55. The van der Waals surface area contributed by atoms with Crippen LogP contribution in [0.2, 0.25) is 5.02 Å². The predicted molar refractivity (Wildman–Crippen MR) is 66.9 cm³/mol. The molecule has 90 valence electrons. The minimum Gasteiger partial charge on any atom is -0.496 e. The first kappa shape index (κ1) is 12.2. The van der Waals surface area contributed by atoms with Crippen LogP contribution in [-0.2, 0) is 0 Å². The third kappa shape index (κ3) is 1.99. The molecule has 1 aromatic carbocycles. The van der Waals surface area contributed by atoms with E-state index >= 15 is 0 Å². The monoisotopic (exact) mass is 250 g/mol. The molecular formula is C13H15ClN2O. The van der Waals surface area contributed by atoms with Crippen molar-refractivity contribution in [2.24, 2.45) is 11.1 Å². The second kappa shape index (κ2) is 4.21. The van der Waals surface area contributed by atoms with E-state index in [1.807, 2.05) is 13.0 Å². The topological polar surface area (TPSA) is 59.0 Å². The standard InChI is InChI=1S/C13H15ClN2O/c1-8-5-9(14)6-10(11(8)17-2)12(16)13(7-15)3-4-13/h5-6,12H,3-4,16H2,1-2H3. The van der Waals surface area contributed by atoms with Gasteiger partial charge in [-0.3, -0.25) is 0 Å². The van der Waals surface area contributed by atoms with Gasteiger partial charge >= 0.3 is 0 Å². The van der Waals surface area contributed by atoms with Crippen molar-refractivity contribution in [3.63, 3.8) is 0 Å². The zero-order valence-electron chi connectivity index (χ0n) is 9.96. The third-order valence-electron chi connectivity index (χ3n) is 3.41. The van der Waals surface area contributed by atoms with Gasteiger partial charge in [-0.25, -0.2) is 0 Å². The summed E-state index contributed by atoms with van der Waals surface area (Å²) in [6.45, 7) is 1.92. The maximum absolute atomic E-state index is 9.19. The summed E-state index contributed by atoms with van der Waals surface area (Å²) in [6.07, 6.45) is 1.69. The fourth-order valence-electron chi connectivity index (χ4n) is 2.19. The summed E-state index contributed by atoms with van der Waals surface area (Å²) in [5.74, 6) is 0.739. The number of nitrogens with two attached hydrogens (primary N) is 1. The van der Waals surface area contributed by atoms with E-state index in [0.29, 0.717) is 5.02 Å². The average Bonchev–Trinajstić information content (AvgIpc) is 3.08. The summed E-state index contributed by atoms with van der Waals surface area (Å²) in [5, 5.41) is 9.81. The highest BCUT2D eigenvalue weighted by molar-refractivity contribution is 6.30. The molecule has 0 radical (unpaired) electrons. The Morgan fingerprint density at radius 3 is 2.65 bits per heavy atom. The minimum absolute atomic E-state index is 0.333. The van der Waals surface area contributed by atoms with Gasteiger partial charge in [-0.15, -0.1) is 0 Å². The molecule has 1 unspecified atom stereocenters. The van der Waals surface area contributed by atoms with Crippen molar-refractivity contribution in [3.8, 4) is 11.8 Å². The summed E-state index contributed by atoms with van der Waals surface area (Å²) in [5.41, 5.74) is 7.55. The zero-order chi connectivity index (χ0) is 12.6. The van der Waals surface area contributed by atoms with Gasteiger partial charge in [-0.2, -0.15) is 5.26 Å². The van der Waals surface area contributed by atoms with Gasteiger partial charge in [0.15, 0.2) is 0 Å². The van der Waals surface area contributed by atoms with Crippen molar-refractivity contribution in [2.75, 3.05) is 7.11 Å². The van der Waals surface area contributed by atoms with Crippen LogP contribution >= 0.6 is 11.6 Å². The van der Waals surface area contributed by atoms with Crippen LogP contribution in [0.3, 0.4) is 0 Å². The molecule has 2 rings (SSSR count). The third-order valence-corrected chi connectivity index (χ3v) is 3.63. The zero-order valence-corrected chi connectivity index (χ0v) is 10.7. The van der Waals surface area contributed by atoms with Crippen LogP contribution < -0.4 is 10.5 Å². The molecule has 1 atom stereocenters. The van der Waals surface area contributed by atoms with E-state index in [4.69, 9.17) is 22.1 Å². The molecule has 17 heavy (non-hydrogen) atoms. The number of benzene rings is 1. The molecule has 0 aromatic heterocycles. The predicted octanol–water partition coefficient (Wildman–Crippen LogP) is 2.96. The highest BCUT2D eigenvalue weighted by atomic mass is 35.5. The van der Waals surface area contributed by atoms with Gasteiger partial charge in [0.1, 0.15) is 5.75 Å². The van der Waals surface area contributed by atoms with E-state index in [1.165, 1.54) is 0 Å². The van der Waals surface area contributed by atoms with Gasteiger partial charge in [0.05, 0.1) is 24.6 Å². The Bertz CT molecular complexity index is 489. The maximum Gasteiger partial charge on any atom is 0.126 e. The molecule has 1 aliphatic rings. The van der Waals surface area contributed by atoms with Gasteiger partial charge in [-0.05, 0) is 37.5 Å². The van der Waals surface area contributed by atoms with E-state index in [-0.39, 0.29) is 6.04 Å². The van der Waals surface area contributed by atoms with E-state index in [9.17, 15) is 5.26 Å². The second-order valence-corrected chi connectivity index (χ2v) is 5.03. The number of methoxy groups -OCH3 is 1. The smallest absolute Gasteiger partial charge is 0.126 e. The van der Waals surface area contributed by atoms with Gasteiger partial charge in [-0.1, -0.05) is 11.6 Å². The van der Waals surface area contributed by atoms with Crippen LogP contribution in [0.5, 0.6) is 5.75 Å². The molecule has 0 heterocycles. The molecule has 3 nitrogen and oxygen atoms in total. The lowest BCUT2D eigenvalue weighted by Gasteiger charge is -2.21. The quantitative estimate of drug-likeness (QED) is 0.897. The van der Waals surface area contributed by atoms with Crippen molar-refractivity contribution >= 4 is 11.6 Å². The average molecular weight is 251 g/mol. The molecule has 2 N–H and O–H groups in total. The van der Waals surface area contributed by atoms with Gasteiger partial charge < -0.3 is 10.5 Å². The van der Waals surface area contributed by atoms with Crippen molar-refractivity contribution in [1.29, 1.82) is 5.26 Å². The number of ether oxygens (including phenoxy) is 1. The molecule has 1 aromatic rings. The second-order valence-electron chi connectivity index (χ2n) is 4.59. The molecular weight excluding hydrogens is 236 g/mol. The van der Waals surface area contributed by atoms with Crippen molar-refractivity contribution in [2.45, 2.75) is 25.8 Å². The lowest BCUT2D eigenvalue weighted by Crippen LogP contribution is -2.22. The fourth-order valence-corrected chi connectivity index (χ4v) is 2.47. The summed E-state index contributed by atoms with van der Waals surface area (Å²) in [4.78, 5) is 0. The Labute approximate surface area is 106 Å². The van der Waals surface area contributed by atoms with Crippen LogP contribution in [0.25, 0.3) is 0 Å². The van der Waals surface area contributed by atoms with Crippen LogP contribution in [0.15, 0.2) is 12.1 Å². The van der Waals surface area contributed by atoms with Crippen LogP contribution in [0.4, 0.5) is 0 Å². The number of aryl methyl sites for hydroxylation is 1. The first-order valence-corrected chi connectivity index (χ1v) is 5.93. The Hall–Kier alpha value is -1.24. The Morgan fingerprint density at radius 2 is 2.18 bits per heavy atom. The molecule has 0 bridgehead atoms. The van der Waals surface area contributed by atoms with Crippen molar-refractivity contribution in [1.82, 2.24) is 0 Å². The van der Waals surface area contributed by atoms with Crippen molar-refractivity contribution in [3.05, 3.63) is 28.3 Å². The Balaban J connectivity index is 2.48. The summed E-state index contributed by atoms with van der Waals surface area (Å²) >= 11 is 6.04. The molecule has 4 heteroatoms. The molecule has 0 aliphatic heterocycles. The van der Waals surface area contributed by atoms with Crippen molar-refractivity contribution < 1.29 is 4.74 Å². The number of hydrogen-bond donors (Lipinski definition) is 1. The molecule has 1 saturated carbocycles. The Kier molecular flexibility index (Phi) is 3.03. The molecule has 1 fully saturated rings. The number of nitriles is 1. The van der Waals surface area contributed by atoms with E-state index < -0.39 is 5.41 Å². The number of rotatable bonds is 3. The normalized spacial score (nSPS) is 18.3. The molecule has 0 spiro atoms. The van der Waals surface area contributed by atoms with E-state index in [2.05, 4.69) is 6.07 Å². The minimum atomic E-state index is -0.426. The maximum atomic E-state index is 9.19. The Morgan fingerprint density at radius 1 is 1.53 bits per heavy atom. The lowest BCUT2D eigenvalue weighted by atomic mass is 9.90. The summed E-state index contributed by atoms with van der Waals surface area (Å²) in [6, 6.07) is 5.62. The largest absolute Gasteiger partial charge is 0.496 e. The first-order valence-electron chi connectivity index (χ1n) is 5.55.